The molecule has 1 aromatic rings. The van der Waals surface area contributed by atoms with Gasteiger partial charge in [-0.2, -0.15) is 5.26 Å². The average Bonchev–Trinajstić information content (AvgIpc) is 2.59. The molecule has 3 nitrogen and oxygen atoms in total. The Morgan fingerprint density at radius 1 is 1.15 bits per heavy atom. The topological polar surface area (TPSA) is 45.0 Å². The van der Waals surface area contributed by atoms with Gasteiger partial charge in [0.25, 0.3) is 0 Å². The predicted octanol–water partition coefficient (Wildman–Crippen LogP) is 4.36. The van der Waals surface area contributed by atoms with Gasteiger partial charge in [0.1, 0.15) is 11.3 Å². The second kappa shape index (κ2) is 5.75. The summed E-state index contributed by atoms with van der Waals surface area (Å²) in [7, 11) is 1.66. The molecular weight excluding hydrogens is 248 g/mol. The zero-order chi connectivity index (χ0) is 14.6. The lowest BCUT2D eigenvalue weighted by Crippen LogP contribution is -2.36. The summed E-state index contributed by atoms with van der Waals surface area (Å²) in [4.78, 5) is 0. The molecule has 0 aliphatic heterocycles. The summed E-state index contributed by atoms with van der Waals surface area (Å²) in [6.07, 6.45) is 5.12. The smallest absolute Gasteiger partial charge is 0.141 e. The number of para-hydroxylation sites is 2. The van der Waals surface area contributed by atoms with Crippen molar-refractivity contribution in [3.8, 4) is 11.8 Å². The molecule has 3 heteroatoms. The van der Waals surface area contributed by atoms with Gasteiger partial charge in [-0.05, 0) is 49.7 Å². The lowest BCUT2D eigenvalue weighted by molar-refractivity contribution is 0.310. The van der Waals surface area contributed by atoms with Crippen LogP contribution in [0.25, 0.3) is 0 Å². The molecule has 2 rings (SSSR count). The third-order valence-corrected chi connectivity index (χ3v) is 4.38. The number of benzene rings is 1. The van der Waals surface area contributed by atoms with Crippen LogP contribution in [0.4, 0.5) is 5.69 Å². The van der Waals surface area contributed by atoms with E-state index < -0.39 is 5.54 Å². The van der Waals surface area contributed by atoms with Gasteiger partial charge in [0.05, 0.1) is 18.9 Å². The van der Waals surface area contributed by atoms with Gasteiger partial charge in [0.15, 0.2) is 0 Å². The molecule has 1 aromatic carbocycles. The van der Waals surface area contributed by atoms with Crippen LogP contribution in [0.5, 0.6) is 5.75 Å². The first-order chi connectivity index (χ1) is 9.50. The van der Waals surface area contributed by atoms with Gasteiger partial charge in [-0.15, -0.1) is 0 Å². The van der Waals surface area contributed by atoms with Crippen LogP contribution in [0, 0.1) is 16.7 Å². The second-order valence-corrected chi connectivity index (χ2v) is 6.54. The SMILES string of the molecule is COc1ccccc1NC1(C#N)CCCC(C)(C)CC1. The van der Waals surface area contributed by atoms with E-state index in [1.54, 1.807) is 7.11 Å². The summed E-state index contributed by atoms with van der Waals surface area (Å²) < 4.78 is 5.38. The zero-order valence-electron chi connectivity index (χ0n) is 12.7. The van der Waals surface area contributed by atoms with Crippen LogP contribution in [0.3, 0.4) is 0 Å². The van der Waals surface area contributed by atoms with Crippen LogP contribution in [-0.2, 0) is 0 Å². The monoisotopic (exact) mass is 272 g/mol. The lowest BCUT2D eigenvalue weighted by Gasteiger charge is -2.29. The highest BCUT2D eigenvalue weighted by Crippen LogP contribution is 2.40. The van der Waals surface area contributed by atoms with E-state index in [0.29, 0.717) is 5.41 Å². The van der Waals surface area contributed by atoms with Crippen LogP contribution >= 0.6 is 0 Å². The van der Waals surface area contributed by atoms with Gasteiger partial charge in [-0.3, -0.25) is 0 Å². The number of hydrogen-bond donors (Lipinski definition) is 1. The van der Waals surface area contributed by atoms with Crippen molar-refractivity contribution < 1.29 is 4.74 Å². The summed E-state index contributed by atoms with van der Waals surface area (Å²) in [5.74, 6) is 0.797. The van der Waals surface area contributed by atoms with E-state index in [9.17, 15) is 5.26 Å². The van der Waals surface area contributed by atoms with Gasteiger partial charge in [-0.25, -0.2) is 0 Å². The molecule has 0 heterocycles. The van der Waals surface area contributed by atoms with Crippen LogP contribution in [0.15, 0.2) is 24.3 Å². The molecule has 1 saturated carbocycles. The van der Waals surface area contributed by atoms with Crippen molar-refractivity contribution >= 4 is 5.69 Å². The van der Waals surface area contributed by atoms with Crippen LogP contribution in [0.2, 0.25) is 0 Å². The van der Waals surface area contributed by atoms with Crippen molar-refractivity contribution in [3.05, 3.63) is 24.3 Å². The Hall–Kier alpha value is -1.69. The van der Waals surface area contributed by atoms with E-state index in [2.05, 4.69) is 25.2 Å². The highest BCUT2D eigenvalue weighted by Gasteiger charge is 2.36. The molecule has 0 spiro atoms. The average molecular weight is 272 g/mol. The standard InChI is InChI=1S/C17H24N2O/c1-16(2)9-6-10-17(13-18,12-11-16)19-14-7-4-5-8-15(14)20-3/h4-5,7-8,19H,6,9-12H2,1-3H3. The maximum Gasteiger partial charge on any atom is 0.141 e. The van der Waals surface area contributed by atoms with Crippen LogP contribution in [-0.4, -0.2) is 12.6 Å². The first-order valence-corrected chi connectivity index (χ1v) is 7.33. The van der Waals surface area contributed by atoms with E-state index in [1.807, 2.05) is 24.3 Å². The summed E-state index contributed by atoms with van der Waals surface area (Å²) in [6.45, 7) is 4.59. The highest BCUT2D eigenvalue weighted by molar-refractivity contribution is 5.58. The Morgan fingerprint density at radius 3 is 2.60 bits per heavy atom. The molecule has 0 bridgehead atoms. The molecule has 1 unspecified atom stereocenters. The number of anilines is 1. The number of nitrogens with one attached hydrogen (secondary N) is 1. The van der Waals surface area contributed by atoms with E-state index in [4.69, 9.17) is 4.74 Å². The highest BCUT2D eigenvalue weighted by atomic mass is 16.5. The van der Waals surface area contributed by atoms with E-state index in [0.717, 1.165) is 37.1 Å². The van der Waals surface area contributed by atoms with Crippen molar-refractivity contribution in [1.82, 2.24) is 0 Å². The van der Waals surface area contributed by atoms with Gasteiger partial charge in [0.2, 0.25) is 0 Å². The molecule has 20 heavy (non-hydrogen) atoms. The molecule has 0 saturated heterocycles. The number of hydrogen-bond acceptors (Lipinski definition) is 3. The normalized spacial score (nSPS) is 25.3. The third kappa shape index (κ3) is 3.25. The van der Waals surface area contributed by atoms with E-state index in [1.165, 1.54) is 6.42 Å². The fraction of sp³-hybridized carbons (Fsp3) is 0.588. The fourth-order valence-corrected chi connectivity index (χ4v) is 2.94. The van der Waals surface area contributed by atoms with Gasteiger partial charge < -0.3 is 10.1 Å². The Labute approximate surface area is 121 Å². The zero-order valence-corrected chi connectivity index (χ0v) is 12.7. The maximum atomic E-state index is 9.71. The van der Waals surface area contributed by atoms with Crippen molar-refractivity contribution in [1.29, 1.82) is 5.26 Å². The molecule has 0 amide bonds. The number of nitrogens with zero attached hydrogens (tertiary/aromatic N) is 1. The van der Waals surface area contributed by atoms with E-state index >= 15 is 0 Å². The van der Waals surface area contributed by atoms with E-state index in [-0.39, 0.29) is 0 Å². The van der Waals surface area contributed by atoms with Gasteiger partial charge >= 0.3 is 0 Å². The third-order valence-electron chi connectivity index (χ3n) is 4.38. The number of ether oxygens (including phenoxy) is 1. The summed E-state index contributed by atoms with van der Waals surface area (Å²) in [5, 5.41) is 13.2. The van der Waals surface area contributed by atoms with Gasteiger partial charge in [0, 0.05) is 0 Å². The first-order valence-electron chi connectivity index (χ1n) is 7.33. The molecular formula is C17H24N2O. The molecule has 1 aliphatic rings. The Morgan fingerprint density at radius 2 is 1.90 bits per heavy atom. The second-order valence-electron chi connectivity index (χ2n) is 6.54. The minimum Gasteiger partial charge on any atom is -0.495 e. The summed E-state index contributed by atoms with van der Waals surface area (Å²) >= 11 is 0. The Kier molecular flexibility index (Phi) is 4.23. The van der Waals surface area contributed by atoms with Crippen molar-refractivity contribution in [2.45, 2.75) is 51.5 Å². The minimum absolute atomic E-state index is 0.334. The molecule has 1 fully saturated rings. The van der Waals surface area contributed by atoms with Crippen molar-refractivity contribution in [2.24, 2.45) is 5.41 Å². The largest absolute Gasteiger partial charge is 0.495 e. The maximum absolute atomic E-state index is 9.71. The van der Waals surface area contributed by atoms with Gasteiger partial charge in [-0.1, -0.05) is 26.0 Å². The van der Waals surface area contributed by atoms with Crippen LogP contribution in [0.1, 0.15) is 46.0 Å². The minimum atomic E-state index is -0.470. The Bertz CT molecular complexity index is 504. The molecule has 1 atom stereocenters. The first kappa shape index (κ1) is 14.7. The molecule has 1 aliphatic carbocycles. The van der Waals surface area contributed by atoms with Crippen molar-refractivity contribution in [2.75, 3.05) is 12.4 Å². The predicted molar refractivity (Wildman–Crippen MR) is 81.8 cm³/mol. The Balaban J connectivity index is 2.22. The summed E-state index contributed by atoms with van der Waals surface area (Å²) in [5.41, 5.74) is 0.778. The molecule has 0 radical (unpaired) electrons. The quantitative estimate of drug-likeness (QED) is 0.831. The fourth-order valence-electron chi connectivity index (χ4n) is 2.94. The lowest BCUT2D eigenvalue weighted by atomic mass is 9.84. The molecule has 0 aromatic heterocycles. The number of nitriles is 1. The number of rotatable bonds is 3. The molecule has 108 valence electrons. The van der Waals surface area contributed by atoms with Crippen molar-refractivity contribution in [3.63, 3.8) is 0 Å². The number of methoxy groups -OCH3 is 1. The van der Waals surface area contributed by atoms with Crippen LogP contribution < -0.4 is 10.1 Å². The summed E-state index contributed by atoms with van der Waals surface area (Å²) in [6, 6.07) is 10.3. The molecule has 1 N–H and O–H groups in total.